The van der Waals surface area contributed by atoms with Crippen molar-refractivity contribution in [3.63, 3.8) is 0 Å². The summed E-state index contributed by atoms with van der Waals surface area (Å²) in [4.78, 5) is 13.9. The van der Waals surface area contributed by atoms with Gasteiger partial charge in [-0.2, -0.15) is 11.1 Å². The van der Waals surface area contributed by atoms with Crippen LogP contribution in [0.5, 0.6) is 0 Å². The fraction of sp³-hybridized carbons (Fsp3) is 0.963. The minimum atomic E-state index is -1.79. The highest BCUT2D eigenvalue weighted by molar-refractivity contribution is 7.21. The molecular weight excluding hydrogens is 434 g/mol. The van der Waals surface area contributed by atoms with Crippen LogP contribution in [0.4, 0.5) is 4.79 Å². The number of rotatable bonds is 21. The number of amides is 1. The van der Waals surface area contributed by atoms with E-state index in [9.17, 15) is 4.79 Å². The van der Waals surface area contributed by atoms with Crippen molar-refractivity contribution in [3.8, 4) is 0 Å². The molecule has 0 unspecified atom stereocenters. The Labute approximate surface area is 207 Å². The van der Waals surface area contributed by atoms with Gasteiger partial charge in [0, 0.05) is 13.6 Å². The fourth-order valence-electron chi connectivity index (χ4n) is 4.49. The Morgan fingerprint density at radius 1 is 0.750 bits per heavy atom. The maximum atomic E-state index is 12.2. The van der Waals surface area contributed by atoms with Crippen molar-refractivity contribution in [2.75, 3.05) is 20.2 Å². The first-order valence-electron chi connectivity index (χ1n) is 13.8. The average molecular weight is 490 g/mol. The van der Waals surface area contributed by atoms with E-state index in [1.165, 1.54) is 83.5 Å². The molecule has 0 fully saturated rings. The Bertz CT molecular complexity index is 437. The van der Waals surface area contributed by atoms with Crippen LogP contribution in [0, 0.1) is 0 Å². The molecule has 0 aromatic heterocycles. The monoisotopic (exact) mass is 489 g/mol. The number of halogens is 1. The van der Waals surface area contributed by atoms with Gasteiger partial charge in [0.15, 0.2) is 7.38 Å². The molecule has 0 aromatic carbocycles. The molecule has 192 valence electrons. The van der Waals surface area contributed by atoms with Gasteiger partial charge in [0.05, 0.1) is 6.61 Å². The molecule has 5 heteroatoms. The third-order valence-corrected chi connectivity index (χ3v) is 15.2. The van der Waals surface area contributed by atoms with Gasteiger partial charge in [-0.15, -0.1) is 0 Å². The first-order valence-corrected chi connectivity index (χ1v) is 17.2. The maximum Gasteiger partial charge on any atom is 0.409 e. The van der Waals surface area contributed by atoms with E-state index in [4.69, 9.17) is 15.8 Å². The first-order chi connectivity index (χ1) is 15.3. The second-order valence-electron chi connectivity index (χ2n) is 10.5. The summed E-state index contributed by atoms with van der Waals surface area (Å²) < 4.78 is 5.48. The van der Waals surface area contributed by atoms with Crippen LogP contribution in [0.15, 0.2) is 0 Å². The van der Waals surface area contributed by atoms with Gasteiger partial charge in [0.25, 0.3) is 0 Å². The summed E-state index contributed by atoms with van der Waals surface area (Å²) in [7, 11) is 0.0650. The molecule has 0 aliphatic rings. The molecule has 32 heavy (non-hydrogen) atoms. The average Bonchev–Trinajstić information content (AvgIpc) is 2.76. The van der Waals surface area contributed by atoms with Crippen molar-refractivity contribution in [3.05, 3.63) is 0 Å². The van der Waals surface area contributed by atoms with Crippen molar-refractivity contribution < 1.29 is 9.53 Å². The van der Waals surface area contributed by atoms with E-state index in [0.29, 0.717) is 17.7 Å². The van der Waals surface area contributed by atoms with E-state index in [1.807, 2.05) is 7.05 Å². The zero-order chi connectivity index (χ0) is 24.2. The standard InChI is InChI=1S/C27H56ClNO2Si/c1-7-8-9-10-11-12-13-14-15-16-17-18-19-20-22-29(6)27(30)31-23-21-24-32(28,25(2)3)26(4)5/h25-26H,7-24H2,1-6H3. The molecule has 0 atom stereocenters. The van der Waals surface area contributed by atoms with Crippen LogP contribution in [-0.2, 0) is 4.74 Å². The largest absolute Gasteiger partial charge is 0.449 e. The quantitative estimate of drug-likeness (QED) is 0.0911. The lowest BCUT2D eigenvalue weighted by atomic mass is 10.0. The lowest BCUT2D eigenvalue weighted by molar-refractivity contribution is 0.110. The van der Waals surface area contributed by atoms with Crippen LogP contribution in [-0.4, -0.2) is 38.6 Å². The van der Waals surface area contributed by atoms with E-state index in [1.54, 1.807) is 4.90 Å². The molecule has 0 heterocycles. The maximum absolute atomic E-state index is 12.2. The van der Waals surface area contributed by atoms with Gasteiger partial charge in [-0.05, 0) is 30.0 Å². The highest BCUT2D eigenvalue weighted by Gasteiger charge is 2.37. The SMILES string of the molecule is CCCCCCCCCCCCCCCCN(C)C(=O)OCCC[Si](Cl)(C(C)C)C(C)C. The minimum Gasteiger partial charge on any atom is -0.449 e. The van der Waals surface area contributed by atoms with Crippen molar-refractivity contribution in [1.82, 2.24) is 4.90 Å². The molecule has 0 rings (SSSR count). The molecule has 0 saturated carbocycles. The summed E-state index contributed by atoms with van der Waals surface area (Å²) >= 11 is 6.95. The van der Waals surface area contributed by atoms with Gasteiger partial charge in [0.1, 0.15) is 0 Å². The first kappa shape index (κ1) is 31.8. The Hall–Kier alpha value is -0.223. The van der Waals surface area contributed by atoms with Crippen molar-refractivity contribution in [1.29, 1.82) is 0 Å². The Morgan fingerprint density at radius 3 is 1.56 bits per heavy atom. The Balaban J connectivity index is 3.58. The molecule has 0 spiro atoms. The molecule has 0 aliphatic heterocycles. The van der Waals surface area contributed by atoms with Crippen molar-refractivity contribution in [2.45, 2.75) is 148 Å². The highest BCUT2D eigenvalue weighted by atomic mass is 35.6. The summed E-state index contributed by atoms with van der Waals surface area (Å²) in [5.74, 6) is 0. The molecule has 0 radical (unpaired) electrons. The topological polar surface area (TPSA) is 29.5 Å². The van der Waals surface area contributed by atoms with E-state index in [-0.39, 0.29) is 6.09 Å². The third-order valence-electron chi connectivity index (χ3n) is 7.01. The van der Waals surface area contributed by atoms with Crippen molar-refractivity contribution >= 4 is 24.6 Å². The molecule has 0 N–H and O–H groups in total. The second kappa shape index (κ2) is 20.2. The number of carbonyl (C=O) groups excluding carboxylic acids is 1. The Morgan fingerprint density at radius 2 is 1.16 bits per heavy atom. The summed E-state index contributed by atoms with van der Waals surface area (Å²) in [5, 5.41) is 0. The summed E-state index contributed by atoms with van der Waals surface area (Å²) in [6, 6.07) is 1.01. The summed E-state index contributed by atoms with van der Waals surface area (Å²) in [5.41, 5.74) is 1.09. The number of nitrogens with zero attached hydrogens (tertiary/aromatic N) is 1. The van der Waals surface area contributed by atoms with E-state index < -0.39 is 7.38 Å². The van der Waals surface area contributed by atoms with Gasteiger partial charge in [0.2, 0.25) is 0 Å². The third kappa shape index (κ3) is 15.6. The predicted molar refractivity (Wildman–Crippen MR) is 146 cm³/mol. The van der Waals surface area contributed by atoms with Gasteiger partial charge in [-0.25, -0.2) is 4.79 Å². The normalized spacial score (nSPS) is 12.0. The molecule has 3 nitrogen and oxygen atoms in total. The minimum absolute atomic E-state index is 0.185. The number of carbonyl (C=O) groups is 1. The summed E-state index contributed by atoms with van der Waals surface area (Å²) in [6.45, 7) is 12.5. The van der Waals surface area contributed by atoms with Gasteiger partial charge < -0.3 is 9.64 Å². The highest BCUT2D eigenvalue weighted by Crippen LogP contribution is 2.40. The van der Waals surface area contributed by atoms with Crippen molar-refractivity contribution in [2.24, 2.45) is 0 Å². The van der Waals surface area contributed by atoms with E-state index in [2.05, 4.69) is 34.6 Å². The zero-order valence-electron chi connectivity index (χ0n) is 22.5. The molecule has 0 aliphatic carbocycles. The van der Waals surface area contributed by atoms with Gasteiger partial charge in [-0.3, -0.25) is 0 Å². The smallest absolute Gasteiger partial charge is 0.409 e. The van der Waals surface area contributed by atoms with Crippen LogP contribution >= 0.6 is 11.1 Å². The summed E-state index contributed by atoms with van der Waals surface area (Å²) in [6.07, 6.45) is 19.6. The van der Waals surface area contributed by atoms with E-state index >= 15 is 0 Å². The lowest BCUT2D eigenvalue weighted by Crippen LogP contribution is -2.35. The predicted octanol–water partition coefficient (Wildman–Crippen LogP) is 9.93. The zero-order valence-corrected chi connectivity index (χ0v) is 24.3. The molecular formula is C27H56ClNO2Si. The van der Waals surface area contributed by atoms with Crippen LogP contribution in [0.1, 0.15) is 131 Å². The number of hydrogen-bond acceptors (Lipinski definition) is 2. The number of unbranched alkanes of at least 4 members (excludes halogenated alkanes) is 13. The molecule has 1 amide bonds. The molecule has 0 saturated heterocycles. The lowest BCUT2D eigenvalue weighted by Gasteiger charge is -2.32. The number of ether oxygens (including phenoxy) is 1. The Kier molecular flexibility index (Phi) is 20.0. The van der Waals surface area contributed by atoms with Gasteiger partial charge in [-0.1, -0.05) is 118 Å². The van der Waals surface area contributed by atoms with Crippen LogP contribution in [0.2, 0.25) is 17.1 Å². The second-order valence-corrected chi connectivity index (χ2v) is 17.2. The van der Waals surface area contributed by atoms with Gasteiger partial charge >= 0.3 is 6.09 Å². The molecule has 0 bridgehead atoms. The van der Waals surface area contributed by atoms with E-state index in [0.717, 1.165) is 25.4 Å². The fourth-order valence-corrected chi connectivity index (χ4v) is 8.07. The van der Waals surface area contributed by atoms with Crippen LogP contribution in [0.3, 0.4) is 0 Å². The van der Waals surface area contributed by atoms with Crippen LogP contribution in [0.25, 0.3) is 0 Å². The number of hydrogen-bond donors (Lipinski definition) is 0. The molecule has 0 aromatic rings. The van der Waals surface area contributed by atoms with Crippen LogP contribution < -0.4 is 0 Å².